The fraction of sp³-hybridized carbons (Fsp3) is 0.200. The number of carbonyl (C=O) groups excluding carboxylic acids is 1. The molecule has 0 spiro atoms. The molecule has 2 atom stereocenters. The zero-order chi connectivity index (χ0) is 17.3. The van der Waals surface area contributed by atoms with E-state index in [-0.39, 0.29) is 11.1 Å². The number of aromatic nitrogens is 2. The summed E-state index contributed by atoms with van der Waals surface area (Å²) in [6.07, 6.45) is -1.39. The molecular formula is C15H11F3N4O2. The van der Waals surface area contributed by atoms with Gasteiger partial charge in [-0.1, -0.05) is 6.07 Å². The van der Waals surface area contributed by atoms with E-state index in [1.807, 2.05) is 0 Å². The predicted molar refractivity (Wildman–Crippen MR) is 76.9 cm³/mol. The number of hydrogen-bond donors (Lipinski definition) is 1. The molecule has 9 heteroatoms. The average molecular weight is 336 g/mol. The summed E-state index contributed by atoms with van der Waals surface area (Å²) in [5, 5.41) is 14.1. The lowest BCUT2D eigenvalue weighted by Gasteiger charge is -2.22. The van der Waals surface area contributed by atoms with Crippen molar-refractivity contribution in [3.05, 3.63) is 60.2 Å². The zero-order valence-corrected chi connectivity index (χ0v) is 12.1. The van der Waals surface area contributed by atoms with E-state index in [1.54, 1.807) is 0 Å². The molecule has 0 aliphatic carbocycles. The van der Waals surface area contributed by atoms with E-state index in [2.05, 4.69) is 15.1 Å². The third-order valence-corrected chi connectivity index (χ3v) is 3.51. The van der Waals surface area contributed by atoms with E-state index in [1.165, 1.54) is 49.1 Å². The predicted octanol–water partition coefficient (Wildman–Crippen LogP) is 1.95. The van der Waals surface area contributed by atoms with Crippen LogP contribution in [-0.4, -0.2) is 44.1 Å². The largest absolute Gasteiger partial charge is 0.432 e. The zero-order valence-electron chi connectivity index (χ0n) is 12.1. The van der Waals surface area contributed by atoms with Crippen LogP contribution in [0.3, 0.4) is 0 Å². The fourth-order valence-corrected chi connectivity index (χ4v) is 2.43. The van der Waals surface area contributed by atoms with Crippen LogP contribution in [0.25, 0.3) is 0 Å². The molecule has 2 aromatic rings. The maximum absolute atomic E-state index is 13.3. The lowest BCUT2D eigenvalue weighted by atomic mass is 9.94. The van der Waals surface area contributed by atoms with Crippen LogP contribution in [-0.2, 0) is 0 Å². The number of halogens is 3. The van der Waals surface area contributed by atoms with Gasteiger partial charge in [0.05, 0.1) is 11.5 Å². The number of hydrogen-bond acceptors (Lipinski definition) is 5. The van der Waals surface area contributed by atoms with Crippen molar-refractivity contribution in [1.82, 2.24) is 15.0 Å². The first-order chi connectivity index (χ1) is 11.4. The van der Waals surface area contributed by atoms with Gasteiger partial charge in [0.25, 0.3) is 5.91 Å². The van der Waals surface area contributed by atoms with Crippen LogP contribution < -0.4 is 0 Å². The Kier molecular flexibility index (Phi) is 4.02. The monoisotopic (exact) mass is 336 g/mol. The molecule has 1 amide bonds. The van der Waals surface area contributed by atoms with Crippen LogP contribution in [0.2, 0.25) is 0 Å². The normalized spacial score (nSPS) is 20.8. The molecule has 0 aromatic carbocycles. The molecule has 2 unspecified atom stereocenters. The van der Waals surface area contributed by atoms with Gasteiger partial charge >= 0.3 is 6.18 Å². The van der Waals surface area contributed by atoms with Crippen LogP contribution in [0.5, 0.6) is 0 Å². The number of pyridine rings is 2. The summed E-state index contributed by atoms with van der Waals surface area (Å²) >= 11 is 0. The standard InChI is InChI=1S/C15H11F3N4O2/c16-15(17,18)12-11(9-3-1-5-19-7-9)14(24)22(21-12)13(23)10-4-2-6-20-8-10/h1-8,11,14,24H. The van der Waals surface area contributed by atoms with Gasteiger partial charge in [-0.25, -0.2) is 0 Å². The van der Waals surface area contributed by atoms with Gasteiger partial charge in [-0.2, -0.15) is 23.3 Å². The van der Waals surface area contributed by atoms with Crippen LogP contribution in [0.4, 0.5) is 13.2 Å². The van der Waals surface area contributed by atoms with Gasteiger partial charge in [0.2, 0.25) is 0 Å². The Morgan fingerprint density at radius 2 is 1.79 bits per heavy atom. The van der Waals surface area contributed by atoms with Crippen molar-refractivity contribution in [3.63, 3.8) is 0 Å². The Labute approximate surface area is 134 Å². The third kappa shape index (κ3) is 2.85. The van der Waals surface area contributed by atoms with Crippen molar-refractivity contribution in [3.8, 4) is 0 Å². The molecular weight excluding hydrogens is 325 g/mol. The van der Waals surface area contributed by atoms with Crippen molar-refractivity contribution in [2.75, 3.05) is 0 Å². The van der Waals surface area contributed by atoms with E-state index in [4.69, 9.17) is 0 Å². The number of rotatable bonds is 2. The number of amides is 1. The van der Waals surface area contributed by atoms with Crippen molar-refractivity contribution >= 4 is 11.6 Å². The Hall–Kier alpha value is -2.81. The van der Waals surface area contributed by atoms with Crippen LogP contribution >= 0.6 is 0 Å². The highest BCUT2D eigenvalue weighted by Gasteiger charge is 2.51. The highest BCUT2D eigenvalue weighted by atomic mass is 19.4. The van der Waals surface area contributed by atoms with Gasteiger partial charge in [0.1, 0.15) is 0 Å². The molecule has 0 fully saturated rings. The molecule has 1 N–H and O–H groups in total. The minimum Gasteiger partial charge on any atom is -0.371 e. The lowest BCUT2D eigenvalue weighted by Crippen LogP contribution is -2.37. The van der Waals surface area contributed by atoms with Crippen molar-refractivity contribution in [1.29, 1.82) is 0 Å². The minimum atomic E-state index is -4.80. The molecule has 0 radical (unpaired) electrons. The first-order valence-corrected chi connectivity index (χ1v) is 6.87. The molecule has 24 heavy (non-hydrogen) atoms. The molecule has 2 aromatic heterocycles. The topological polar surface area (TPSA) is 78.7 Å². The Morgan fingerprint density at radius 1 is 1.12 bits per heavy atom. The van der Waals surface area contributed by atoms with E-state index in [9.17, 15) is 23.1 Å². The number of nitrogens with zero attached hydrogens (tertiary/aromatic N) is 4. The van der Waals surface area contributed by atoms with E-state index in [0.717, 1.165) is 0 Å². The molecule has 1 aliphatic rings. The summed E-state index contributed by atoms with van der Waals surface area (Å²) in [6.45, 7) is 0. The third-order valence-electron chi connectivity index (χ3n) is 3.51. The first kappa shape index (κ1) is 16.1. The lowest BCUT2D eigenvalue weighted by molar-refractivity contribution is -0.0620. The van der Waals surface area contributed by atoms with E-state index in [0.29, 0.717) is 5.01 Å². The highest BCUT2D eigenvalue weighted by molar-refractivity contribution is 6.02. The highest BCUT2D eigenvalue weighted by Crippen LogP contribution is 2.37. The molecule has 0 saturated carbocycles. The van der Waals surface area contributed by atoms with Gasteiger partial charge in [0.15, 0.2) is 11.9 Å². The Balaban J connectivity index is 2.01. The smallest absolute Gasteiger partial charge is 0.371 e. The van der Waals surface area contributed by atoms with Gasteiger partial charge < -0.3 is 5.11 Å². The number of carbonyl (C=O) groups is 1. The van der Waals surface area contributed by atoms with Crippen molar-refractivity contribution in [2.45, 2.75) is 18.3 Å². The Morgan fingerprint density at radius 3 is 2.33 bits per heavy atom. The van der Waals surface area contributed by atoms with Crippen LogP contribution in [0, 0.1) is 0 Å². The maximum Gasteiger partial charge on any atom is 0.432 e. The van der Waals surface area contributed by atoms with Gasteiger partial charge in [-0.05, 0) is 23.8 Å². The average Bonchev–Trinajstić information content (AvgIpc) is 2.93. The summed E-state index contributed by atoms with van der Waals surface area (Å²) in [5.74, 6) is -2.40. The molecule has 124 valence electrons. The first-order valence-electron chi connectivity index (χ1n) is 6.87. The Bertz CT molecular complexity index is 765. The molecule has 1 aliphatic heterocycles. The molecule has 0 saturated heterocycles. The van der Waals surface area contributed by atoms with Gasteiger partial charge in [-0.3, -0.25) is 14.8 Å². The number of hydrazone groups is 1. The molecule has 3 heterocycles. The quantitative estimate of drug-likeness (QED) is 0.909. The second-order valence-corrected chi connectivity index (χ2v) is 5.05. The number of alkyl halides is 3. The summed E-state index contributed by atoms with van der Waals surface area (Å²) < 4.78 is 39.9. The van der Waals surface area contributed by atoms with Gasteiger partial charge in [0, 0.05) is 24.8 Å². The summed E-state index contributed by atoms with van der Waals surface area (Å²) in [5.41, 5.74) is -1.11. The van der Waals surface area contributed by atoms with Crippen molar-refractivity contribution in [2.24, 2.45) is 5.10 Å². The molecule has 0 bridgehead atoms. The second-order valence-electron chi connectivity index (χ2n) is 5.05. The van der Waals surface area contributed by atoms with E-state index < -0.39 is 29.9 Å². The summed E-state index contributed by atoms with van der Waals surface area (Å²) in [7, 11) is 0. The summed E-state index contributed by atoms with van der Waals surface area (Å²) in [6, 6.07) is 5.67. The van der Waals surface area contributed by atoms with E-state index >= 15 is 0 Å². The fourth-order valence-electron chi connectivity index (χ4n) is 2.43. The number of aliphatic hydroxyl groups excluding tert-OH is 1. The van der Waals surface area contributed by atoms with Crippen LogP contribution in [0.1, 0.15) is 21.8 Å². The summed E-state index contributed by atoms with van der Waals surface area (Å²) in [4.78, 5) is 19.8. The van der Waals surface area contributed by atoms with Crippen LogP contribution in [0.15, 0.2) is 54.2 Å². The second kappa shape index (κ2) is 6.00. The van der Waals surface area contributed by atoms with Gasteiger partial charge in [-0.15, -0.1) is 0 Å². The van der Waals surface area contributed by atoms with Crippen molar-refractivity contribution < 1.29 is 23.1 Å². The maximum atomic E-state index is 13.3. The number of aliphatic hydroxyl groups is 1. The minimum absolute atomic E-state index is 0.0219. The molecule has 3 rings (SSSR count). The molecule has 6 nitrogen and oxygen atoms in total. The SMILES string of the molecule is O=C(c1cccnc1)N1N=C(C(F)(F)F)C(c2cccnc2)C1O.